The third kappa shape index (κ3) is 4.57. The second-order valence-electron chi connectivity index (χ2n) is 9.22. The maximum absolute atomic E-state index is 13.4. The van der Waals surface area contributed by atoms with Crippen molar-refractivity contribution in [2.45, 2.75) is 20.3 Å². The number of para-hydroxylation sites is 1. The van der Waals surface area contributed by atoms with Gasteiger partial charge in [-0.05, 0) is 37.6 Å². The van der Waals surface area contributed by atoms with Crippen LogP contribution in [0.15, 0.2) is 94.6 Å². The minimum atomic E-state index is -0.421. The lowest BCUT2D eigenvalue weighted by Crippen LogP contribution is -2.28. The van der Waals surface area contributed by atoms with E-state index >= 15 is 0 Å². The first-order chi connectivity index (χ1) is 18.4. The second kappa shape index (κ2) is 9.64. The molecule has 186 valence electrons. The molecule has 6 rings (SSSR count). The van der Waals surface area contributed by atoms with Crippen molar-refractivity contribution in [1.29, 1.82) is 0 Å². The zero-order valence-electron chi connectivity index (χ0n) is 20.8. The molecule has 0 spiro atoms. The third-order valence-electron chi connectivity index (χ3n) is 6.32. The van der Waals surface area contributed by atoms with Crippen molar-refractivity contribution in [2.24, 2.45) is 0 Å². The molecule has 0 amide bonds. The van der Waals surface area contributed by atoms with Gasteiger partial charge < -0.3 is 0 Å². The van der Waals surface area contributed by atoms with Crippen LogP contribution < -0.4 is 15.7 Å². The van der Waals surface area contributed by atoms with Gasteiger partial charge in [-0.25, -0.2) is 4.68 Å². The molecule has 0 unspecified atom stereocenters. The van der Waals surface area contributed by atoms with Gasteiger partial charge in [-0.3, -0.25) is 9.59 Å². The van der Waals surface area contributed by atoms with Crippen molar-refractivity contribution < 1.29 is 0 Å². The molecule has 0 saturated heterocycles. The molecule has 0 radical (unpaired) electrons. The van der Waals surface area contributed by atoms with Crippen molar-refractivity contribution in [1.82, 2.24) is 24.4 Å². The predicted molar refractivity (Wildman–Crippen MR) is 150 cm³/mol. The second-order valence-corrected chi connectivity index (χ2v) is 10.2. The Balaban J connectivity index is 1.48. The zero-order valence-corrected chi connectivity index (χ0v) is 21.6. The van der Waals surface area contributed by atoms with Gasteiger partial charge in [0.05, 0.1) is 15.9 Å². The number of rotatable bonds is 5. The van der Waals surface area contributed by atoms with Gasteiger partial charge in [0.25, 0.3) is 11.1 Å². The van der Waals surface area contributed by atoms with E-state index in [-0.39, 0.29) is 16.2 Å². The number of hydrogen-bond acceptors (Lipinski definition) is 6. The molecule has 0 aliphatic heterocycles. The lowest BCUT2D eigenvalue weighted by Gasteiger charge is -2.01. The molecule has 0 bridgehead atoms. The summed E-state index contributed by atoms with van der Waals surface area (Å²) in [6, 6.07) is 25.8. The van der Waals surface area contributed by atoms with Crippen LogP contribution in [0.4, 0.5) is 0 Å². The first-order valence-corrected chi connectivity index (χ1v) is 13.0. The normalized spacial score (nSPS) is 11.9. The van der Waals surface area contributed by atoms with E-state index in [1.54, 1.807) is 10.8 Å². The molecule has 0 saturated carbocycles. The molecule has 3 aromatic heterocycles. The number of benzene rings is 3. The predicted octanol–water partition coefficient (Wildman–Crippen LogP) is 4.12. The monoisotopic (exact) mass is 517 g/mol. The fraction of sp³-hybridized carbons (Fsp3) is 0.100. The summed E-state index contributed by atoms with van der Waals surface area (Å²) in [4.78, 5) is 30.5. The van der Waals surface area contributed by atoms with Crippen LogP contribution in [-0.4, -0.2) is 24.4 Å². The molecule has 0 aliphatic carbocycles. The smallest absolute Gasteiger partial charge is 0.266 e. The fourth-order valence-electron chi connectivity index (χ4n) is 4.23. The van der Waals surface area contributed by atoms with E-state index in [2.05, 4.69) is 10.1 Å². The van der Waals surface area contributed by atoms with Gasteiger partial charge in [-0.15, -0.1) is 0 Å². The lowest BCUT2D eigenvalue weighted by molar-refractivity contribution is 0.811. The van der Waals surface area contributed by atoms with E-state index in [1.807, 2.05) is 98.9 Å². The van der Waals surface area contributed by atoms with Crippen molar-refractivity contribution in [2.75, 3.05) is 0 Å². The standard InChI is InChI=1S/C30H23N5O2S/c1-19-8-12-21(13-9-19)16-25-28(36)31-30-35(32-25)29(37)26(38-30)17-23-18-34(24-6-4-3-5-7-24)33-27(23)22-14-10-20(2)11-15-22/h3-15,17-18H,16H2,1-2H3/b26-17-. The Labute approximate surface area is 222 Å². The number of hydrogen-bond donors (Lipinski definition) is 0. The molecule has 38 heavy (non-hydrogen) atoms. The van der Waals surface area contributed by atoms with Gasteiger partial charge in [-0.2, -0.15) is 19.7 Å². The highest BCUT2D eigenvalue weighted by atomic mass is 32.1. The van der Waals surface area contributed by atoms with Crippen LogP contribution in [0.3, 0.4) is 0 Å². The summed E-state index contributed by atoms with van der Waals surface area (Å²) >= 11 is 1.15. The number of fused-ring (bicyclic) bond motifs is 1. The van der Waals surface area contributed by atoms with Gasteiger partial charge in [0.15, 0.2) is 0 Å². The Hall–Kier alpha value is -4.69. The molecule has 3 heterocycles. The molecular formula is C30H23N5O2S. The van der Waals surface area contributed by atoms with Crippen LogP contribution in [-0.2, 0) is 6.42 Å². The summed E-state index contributed by atoms with van der Waals surface area (Å²) in [5.41, 5.74) is 6.11. The van der Waals surface area contributed by atoms with Crippen LogP contribution in [0.25, 0.3) is 28.0 Å². The van der Waals surface area contributed by atoms with Gasteiger partial charge in [-0.1, -0.05) is 89.2 Å². The maximum Gasteiger partial charge on any atom is 0.296 e. The average Bonchev–Trinajstić information content (AvgIpc) is 3.47. The topological polar surface area (TPSA) is 82.2 Å². The van der Waals surface area contributed by atoms with Gasteiger partial charge >= 0.3 is 0 Å². The summed E-state index contributed by atoms with van der Waals surface area (Å²) in [6.07, 6.45) is 4.02. The van der Waals surface area contributed by atoms with Crippen LogP contribution in [0, 0.1) is 13.8 Å². The van der Waals surface area contributed by atoms with Gasteiger partial charge in [0, 0.05) is 23.7 Å². The SMILES string of the molecule is Cc1ccc(Cc2nn3c(=O)/c(=C/c4cn(-c5ccccc5)nc4-c4ccc(C)cc4)sc3nc2=O)cc1. The lowest BCUT2D eigenvalue weighted by atomic mass is 10.1. The van der Waals surface area contributed by atoms with E-state index < -0.39 is 5.56 Å². The summed E-state index contributed by atoms with van der Waals surface area (Å²) < 4.78 is 3.46. The molecule has 3 aromatic carbocycles. The Bertz CT molecular complexity index is 1940. The summed E-state index contributed by atoms with van der Waals surface area (Å²) in [5, 5.41) is 9.24. The summed E-state index contributed by atoms with van der Waals surface area (Å²) in [7, 11) is 0. The van der Waals surface area contributed by atoms with Crippen LogP contribution >= 0.6 is 11.3 Å². The quantitative estimate of drug-likeness (QED) is 0.344. The number of nitrogens with zero attached hydrogens (tertiary/aromatic N) is 5. The van der Waals surface area contributed by atoms with Crippen molar-refractivity contribution in [3.05, 3.63) is 138 Å². The molecule has 7 nitrogen and oxygen atoms in total. The third-order valence-corrected chi connectivity index (χ3v) is 7.28. The number of thiazole rings is 1. The van der Waals surface area contributed by atoms with Crippen molar-refractivity contribution in [3.63, 3.8) is 0 Å². The molecule has 6 aromatic rings. The van der Waals surface area contributed by atoms with E-state index in [4.69, 9.17) is 5.10 Å². The largest absolute Gasteiger partial charge is 0.296 e. The average molecular weight is 518 g/mol. The fourth-order valence-corrected chi connectivity index (χ4v) is 5.13. The Morgan fingerprint density at radius 1 is 0.842 bits per heavy atom. The highest BCUT2D eigenvalue weighted by Gasteiger charge is 2.15. The van der Waals surface area contributed by atoms with Gasteiger partial charge in [0.2, 0.25) is 4.96 Å². The minimum Gasteiger partial charge on any atom is -0.266 e. The Morgan fingerprint density at radius 3 is 2.24 bits per heavy atom. The van der Waals surface area contributed by atoms with Crippen molar-refractivity contribution >= 4 is 22.4 Å². The van der Waals surface area contributed by atoms with Crippen molar-refractivity contribution in [3.8, 4) is 16.9 Å². The van der Waals surface area contributed by atoms with E-state index in [0.29, 0.717) is 11.0 Å². The molecular weight excluding hydrogens is 494 g/mol. The molecule has 0 atom stereocenters. The molecule has 0 aliphatic rings. The molecule has 0 N–H and O–H groups in total. The summed E-state index contributed by atoms with van der Waals surface area (Å²) in [6.45, 7) is 4.04. The van der Waals surface area contributed by atoms with Crippen LogP contribution in [0.1, 0.15) is 27.9 Å². The molecule has 0 fully saturated rings. The Morgan fingerprint density at radius 2 is 1.53 bits per heavy atom. The highest BCUT2D eigenvalue weighted by molar-refractivity contribution is 7.15. The Kier molecular flexibility index (Phi) is 6.01. The number of aromatic nitrogens is 5. The minimum absolute atomic E-state index is 0.241. The zero-order chi connectivity index (χ0) is 26.2. The van der Waals surface area contributed by atoms with E-state index in [9.17, 15) is 9.59 Å². The molecule has 8 heteroatoms. The number of aryl methyl sites for hydroxylation is 2. The highest BCUT2D eigenvalue weighted by Crippen LogP contribution is 2.25. The van der Waals surface area contributed by atoms with E-state index in [1.165, 1.54) is 4.52 Å². The summed E-state index contributed by atoms with van der Waals surface area (Å²) in [5.74, 6) is 0. The maximum atomic E-state index is 13.4. The van der Waals surface area contributed by atoms with E-state index in [0.717, 1.165) is 50.5 Å². The first kappa shape index (κ1) is 23.7. The van der Waals surface area contributed by atoms with Crippen LogP contribution in [0.2, 0.25) is 0 Å². The van der Waals surface area contributed by atoms with Crippen LogP contribution in [0.5, 0.6) is 0 Å². The first-order valence-electron chi connectivity index (χ1n) is 12.2. The van der Waals surface area contributed by atoms with Gasteiger partial charge in [0.1, 0.15) is 5.69 Å².